The van der Waals surface area contributed by atoms with Crippen molar-refractivity contribution in [3.05, 3.63) is 51.1 Å². The first-order valence-corrected chi connectivity index (χ1v) is 6.03. The normalized spacial score (nSPS) is 10.5. The van der Waals surface area contributed by atoms with Gasteiger partial charge in [-0.1, -0.05) is 6.07 Å². The molecule has 2 aromatic rings. The van der Waals surface area contributed by atoms with Gasteiger partial charge in [0.15, 0.2) is 0 Å². The summed E-state index contributed by atoms with van der Waals surface area (Å²) in [7, 11) is 0. The van der Waals surface area contributed by atoms with E-state index in [4.69, 9.17) is 5.73 Å². The number of nitrogens with one attached hydrogen (secondary N) is 1. The highest BCUT2D eigenvalue weighted by Crippen LogP contribution is 2.30. The van der Waals surface area contributed by atoms with Crippen molar-refractivity contribution < 1.29 is 24.2 Å². The fourth-order valence-electron chi connectivity index (χ4n) is 2.14. The molecule has 1 aromatic carbocycles. The molecule has 0 aliphatic carbocycles. The molecule has 0 spiro atoms. The van der Waals surface area contributed by atoms with E-state index >= 15 is 0 Å². The fraction of sp³-hybridized carbons (Fsp3) is 0.0714. The SMILES string of the molecule is Cc1cc(-c2c(C(=O)O)c(N)[nH]c(=O)c2C(=O)O)ccc1F. The molecule has 22 heavy (non-hydrogen) atoms. The van der Waals surface area contributed by atoms with E-state index in [0.29, 0.717) is 0 Å². The molecule has 1 aromatic heterocycles. The number of aromatic carboxylic acids is 2. The third-order valence-electron chi connectivity index (χ3n) is 3.12. The number of aryl methyl sites for hydroxylation is 1. The highest BCUT2D eigenvalue weighted by Gasteiger charge is 2.26. The van der Waals surface area contributed by atoms with E-state index in [9.17, 15) is 29.0 Å². The molecular formula is C14H11FN2O5. The van der Waals surface area contributed by atoms with Crippen molar-refractivity contribution in [1.29, 1.82) is 0 Å². The number of halogens is 1. The zero-order valence-corrected chi connectivity index (χ0v) is 11.3. The molecule has 0 fully saturated rings. The van der Waals surface area contributed by atoms with Crippen LogP contribution in [0.2, 0.25) is 0 Å². The number of hydrogen-bond donors (Lipinski definition) is 4. The Morgan fingerprint density at radius 1 is 1.18 bits per heavy atom. The van der Waals surface area contributed by atoms with E-state index in [-0.39, 0.29) is 16.7 Å². The number of hydrogen-bond acceptors (Lipinski definition) is 4. The van der Waals surface area contributed by atoms with Gasteiger partial charge >= 0.3 is 11.9 Å². The molecule has 0 aliphatic heterocycles. The van der Waals surface area contributed by atoms with Gasteiger partial charge in [0, 0.05) is 5.56 Å². The second kappa shape index (κ2) is 5.32. The topological polar surface area (TPSA) is 133 Å². The van der Waals surface area contributed by atoms with Crippen LogP contribution in [0, 0.1) is 12.7 Å². The van der Waals surface area contributed by atoms with E-state index in [1.807, 2.05) is 4.98 Å². The second-order valence-electron chi connectivity index (χ2n) is 4.57. The van der Waals surface area contributed by atoms with Gasteiger partial charge in [-0.15, -0.1) is 0 Å². The first-order valence-electron chi connectivity index (χ1n) is 6.03. The van der Waals surface area contributed by atoms with E-state index in [1.54, 1.807) is 0 Å². The third-order valence-corrected chi connectivity index (χ3v) is 3.12. The lowest BCUT2D eigenvalue weighted by molar-refractivity contribution is 0.0695. The van der Waals surface area contributed by atoms with E-state index in [1.165, 1.54) is 19.1 Å². The molecule has 0 atom stereocenters. The number of aromatic nitrogens is 1. The zero-order valence-electron chi connectivity index (χ0n) is 11.3. The van der Waals surface area contributed by atoms with E-state index in [2.05, 4.69) is 0 Å². The van der Waals surface area contributed by atoms with Crippen LogP contribution < -0.4 is 11.3 Å². The molecule has 1 heterocycles. The van der Waals surface area contributed by atoms with Gasteiger partial charge in [0.05, 0.1) is 0 Å². The molecule has 0 bridgehead atoms. The first-order chi connectivity index (χ1) is 10.2. The Balaban J connectivity index is 2.98. The minimum atomic E-state index is -1.61. The minimum Gasteiger partial charge on any atom is -0.478 e. The maximum atomic E-state index is 13.4. The van der Waals surface area contributed by atoms with Gasteiger partial charge in [-0.05, 0) is 30.2 Å². The van der Waals surface area contributed by atoms with Gasteiger partial charge in [-0.3, -0.25) is 4.79 Å². The summed E-state index contributed by atoms with van der Waals surface area (Å²) in [5.41, 5.74) is 3.03. The van der Waals surface area contributed by atoms with Crippen molar-refractivity contribution in [1.82, 2.24) is 4.98 Å². The molecule has 0 radical (unpaired) electrons. The Morgan fingerprint density at radius 2 is 1.77 bits per heavy atom. The summed E-state index contributed by atoms with van der Waals surface area (Å²) in [5.74, 6) is -4.14. The molecule has 8 heteroatoms. The number of pyridine rings is 1. The molecule has 0 saturated heterocycles. The Morgan fingerprint density at radius 3 is 2.27 bits per heavy atom. The lowest BCUT2D eigenvalue weighted by Crippen LogP contribution is -2.24. The number of aromatic amines is 1. The summed E-state index contributed by atoms with van der Waals surface area (Å²) in [4.78, 5) is 36.5. The number of rotatable bonds is 3. The first kappa shape index (κ1) is 15.2. The van der Waals surface area contributed by atoms with E-state index < -0.39 is 40.3 Å². The van der Waals surface area contributed by atoms with Crippen molar-refractivity contribution >= 4 is 17.8 Å². The highest BCUT2D eigenvalue weighted by atomic mass is 19.1. The monoisotopic (exact) mass is 306 g/mol. The van der Waals surface area contributed by atoms with Crippen LogP contribution in [0.5, 0.6) is 0 Å². The zero-order chi connectivity index (χ0) is 16.6. The summed E-state index contributed by atoms with van der Waals surface area (Å²) in [6.45, 7) is 1.43. The molecule has 0 saturated carbocycles. The summed E-state index contributed by atoms with van der Waals surface area (Å²) in [5, 5.41) is 18.5. The molecule has 7 nitrogen and oxygen atoms in total. The lowest BCUT2D eigenvalue weighted by atomic mass is 9.94. The smallest absolute Gasteiger partial charge is 0.342 e. The van der Waals surface area contributed by atoms with Gasteiger partial charge in [-0.25, -0.2) is 14.0 Å². The number of carbonyl (C=O) groups is 2. The van der Waals surface area contributed by atoms with Crippen LogP contribution in [0.25, 0.3) is 11.1 Å². The number of nitrogen functional groups attached to an aromatic ring is 1. The summed E-state index contributed by atoms with van der Waals surface area (Å²) in [6, 6.07) is 3.50. The predicted octanol–water partition coefficient (Wildman–Crippen LogP) is 1.47. The van der Waals surface area contributed by atoms with Crippen molar-refractivity contribution in [3.63, 3.8) is 0 Å². The average molecular weight is 306 g/mol. The molecule has 0 unspecified atom stereocenters. The second-order valence-corrected chi connectivity index (χ2v) is 4.57. The Kier molecular flexibility index (Phi) is 3.68. The van der Waals surface area contributed by atoms with Crippen LogP contribution in [-0.4, -0.2) is 27.1 Å². The van der Waals surface area contributed by atoms with Crippen molar-refractivity contribution in [3.8, 4) is 11.1 Å². The maximum Gasteiger partial charge on any atom is 0.342 e. The lowest BCUT2D eigenvalue weighted by Gasteiger charge is -2.12. The third kappa shape index (κ3) is 2.41. The quantitative estimate of drug-likeness (QED) is 0.678. The summed E-state index contributed by atoms with van der Waals surface area (Å²) in [6.07, 6.45) is 0. The summed E-state index contributed by atoms with van der Waals surface area (Å²) < 4.78 is 13.4. The minimum absolute atomic E-state index is 0.0755. The van der Waals surface area contributed by atoms with Gasteiger partial charge in [0.1, 0.15) is 22.8 Å². The maximum absolute atomic E-state index is 13.4. The number of nitrogens with two attached hydrogens (primary N) is 1. The summed E-state index contributed by atoms with van der Waals surface area (Å²) >= 11 is 0. The number of carboxylic acids is 2. The number of benzene rings is 1. The molecule has 0 aliphatic rings. The number of H-pyrrole nitrogens is 1. The van der Waals surface area contributed by atoms with Crippen molar-refractivity contribution in [2.45, 2.75) is 6.92 Å². The Bertz CT molecular complexity index is 857. The molecule has 2 rings (SSSR count). The molecule has 114 valence electrons. The van der Waals surface area contributed by atoms with Crippen molar-refractivity contribution in [2.24, 2.45) is 0 Å². The van der Waals surface area contributed by atoms with E-state index in [0.717, 1.165) is 6.07 Å². The Hall–Kier alpha value is -3.16. The van der Waals surface area contributed by atoms with Crippen LogP contribution in [0.1, 0.15) is 26.3 Å². The Labute approximate surface area is 122 Å². The van der Waals surface area contributed by atoms with Crippen molar-refractivity contribution in [2.75, 3.05) is 5.73 Å². The van der Waals surface area contributed by atoms with Crippen LogP contribution >= 0.6 is 0 Å². The number of anilines is 1. The molecular weight excluding hydrogens is 295 g/mol. The van der Waals surface area contributed by atoms with Crippen LogP contribution in [0.3, 0.4) is 0 Å². The standard InChI is InChI=1S/C14H11FN2O5/c1-5-4-6(2-3-7(5)15)8-9(13(19)20)11(16)17-12(18)10(8)14(21)22/h2-4H,1H3,(H,19,20)(H,21,22)(H3,16,17,18). The number of carboxylic acid groups (broad SMARTS) is 2. The van der Waals surface area contributed by atoms with Gasteiger partial charge in [0.2, 0.25) is 0 Å². The average Bonchev–Trinajstić information content (AvgIpc) is 2.39. The predicted molar refractivity (Wildman–Crippen MR) is 75.5 cm³/mol. The van der Waals surface area contributed by atoms with Crippen LogP contribution in [0.15, 0.2) is 23.0 Å². The van der Waals surface area contributed by atoms with Gasteiger partial charge < -0.3 is 20.9 Å². The van der Waals surface area contributed by atoms with Crippen LogP contribution in [-0.2, 0) is 0 Å². The largest absolute Gasteiger partial charge is 0.478 e. The van der Waals surface area contributed by atoms with Crippen LogP contribution in [0.4, 0.5) is 10.2 Å². The molecule has 5 N–H and O–H groups in total. The molecule has 0 amide bonds. The van der Waals surface area contributed by atoms with Gasteiger partial charge in [-0.2, -0.15) is 0 Å². The van der Waals surface area contributed by atoms with Gasteiger partial charge in [0.25, 0.3) is 5.56 Å². The highest BCUT2D eigenvalue weighted by molar-refractivity contribution is 6.07. The fourth-order valence-corrected chi connectivity index (χ4v) is 2.14.